The van der Waals surface area contributed by atoms with Gasteiger partial charge >= 0.3 is 0 Å². The van der Waals surface area contributed by atoms with Crippen molar-refractivity contribution in [3.05, 3.63) is 41.2 Å². The Morgan fingerprint density at radius 1 is 1.39 bits per heavy atom. The molecule has 0 bridgehead atoms. The molecule has 0 saturated heterocycles. The van der Waals surface area contributed by atoms with Crippen molar-refractivity contribution in [3.63, 3.8) is 0 Å². The topological polar surface area (TPSA) is 102 Å². The van der Waals surface area contributed by atoms with Crippen LogP contribution >= 0.6 is 11.3 Å². The lowest BCUT2D eigenvalue weighted by Gasteiger charge is -2.00. The van der Waals surface area contributed by atoms with Crippen molar-refractivity contribution >= 4 is 27.3 Å². The Morgan fingerprint density at radius 3 is 2.72 bits per heavy atom. The van der Waals surface area contributed by atoms with E-state index in [0.717, 1.165) is 11.3 Å². The van der Waals surface area contributed by atoms with Crippen LogP contribution in [-0.4, -0.2) is 14.3 Å². The first-order chi connectivity index (χ1) is 8.47. The standard InChI is InChI=1S/C10H10N2O4S2/c11-18(14,15)9-4-3-7(17-9)6-12-10(13)8-2-1-5-16-8/h1-5H,6H2,(H,12,13)(H2,11,14,15). The highest BCUT2D eigenvalue weighted by atomic mass is 32.2. The zero-order valence-corrected chi connectivity index (χ0v) is 10.8. The van der Waals surface area contributed by atoms with Gasteiger partial charge in [-0.15, -0.1) is 11.3 Å². The predicted molar refractivity (Wildman–Crippen MR) is 65.6 cm³/mol. The van der Waals surface area contributed by atoms with Gasteiger partial charge in [0.15, 0.2) is 5.76 Å². The van der Waals surface area contributed by atoms with Crippen LogP contribution in [0.1, 0.15) is 15.4 Å². The Labute approximate surface area is 107 Å². The molecule has 0 aromatic carbocycles. The molecule has 2 aromatic heterocycles. The van der Waals surface area contributed by atoms with Crippen LogP contribution in [0.15, 0.2) is 39.2 Å². The minimum absolute atomic E-state index is 0.0738. The fraction of sp³-hybridized carbons (Fsp3) is 0.100. The van der Waals surface area contributed by atoms with Gasteiger partial charge in [0.25, 0.3) is 5.91 Å². The smallest absolute Gasteiger partial charge is 0.287 e. The summed E-state index contributed by atoms with van der Waals surface area (Å²) in [4.78, 5) is 12.2. The lowest BCUT2D eigenvalue weighted by atomic mass is 10.4. The summed E-state index contributed by atoms with van der Waals surface area (Å²) in [7, 11) is -3.68. The van der Waals surface area contributed by atoms with Crippen LogP contribution in [0.4, 0.5) is 0 Å². The molecule has 6 nitrogen and oxygen atoms in total. The van der Waals surface area contributed by atoms with Crippen molar-refractivity contribution in [2.45, 2.75) is 10.8 Å². The Balaban J connectivity index is 1.99. The highest BCUT2D eigenvalue weighted by Crippen LogP contribution is 2.20. The van der Waals surface area contributed by atoms with Crippen molar-refractivity contribution in [3.8, 4) is 0 Å². The third-order valence-corrected chi connectivity index (χ3v) is 4.61. The van der Waals surface area contributed by atoms with Crippen LogP contribution in [-0.2, 0) is 16.6 Å². The molecular formula is C10H10N2O4S2. The largest absolute Gasteiger partial charge is 0.459 e. The first kappa shape index (κ1) is 12.8. The molecule has 18 heavy (non-hydrogen) atoms. The quantitative estimate of drug-likeness (QED) is 0.872. The number of amides is 1. The van der Waals surface area contributed by atoms with Crippen molar-refractivity contribution in [2.75, 3.05) is 0 Å². The van der Waals surface area contributed by atoms with Gasteiger partial charge in [0, 0.05) is 4.88 Å². The van der Waals surface area contributed by atoms with Crippen LogP contribution in [0.2, 0.25) is 0 Å². The second-order valence-electron chi connectivity index (χ2n) is 3.43. The SMILES string of the molecule is NS(=O)(=O)c1ccc(CNC(=O)c2ccco2)s1. The highest BCUT2D eigenvalue weighted by molar-refractivity contribution is 7.91. The summed E-state index contributed by atoms with van der Waals surface area (Å²) in [6, 6.07) is 6.17. The fourth-order valence-corrected chi connectivity index (χ4v) is 2.99. The van der Waals surface area contributed by atoms with E-state index < -0.39 is 10.0 Å². The second-order valence-corrected chi connectivity index (χ2v) is 6.38. The van der Waals surface area contributed by atoms with Crippen molar-refractivity contribution in [1.82, 2.24) is 5.32 Å². The maximum Gasteiger partial charge on any atom is 0.287 e. The Bertz CT molecular complexity index is 643. The monoisotopic (exact) mass is 286 g/mol. The number of primary sulfonamides is 1. The summed E-state index contributed by atoms with van der Waals surface area (Å²) in [5, 5.41) is 7.59. The van der Waals surface area contributed by atoms with Crippen molar-refractivity contribution in [1.29, 1.82) is 0 Å². The van der Waals surface area contributed by atoms with Gasteiger partial charge in [0.2, 0.25) is 10.0 Å². The third kappa shape index (κ3) is 2.97. The number of carbonyl (C=O) groups is 1. The molecule has 0 spiro atoms. The number of nitrogens with two attached hydrogens (primary N) is 1. The molecule has 0 aliphatic carbocycles. The molecule has 2 heterocycles. The number of hydrogen-bond acceptors (Lipinski definition) is 5. The number of rotatable bonds is 4. The lowest BCUT2D eigenvalue weighted by Crippen LogP contribution is -2.21. The molecule has 0 atom stereocenters. The van der Waals surface area contributed by atoms with E-state index in [9.17, 15) is 13.2 Å². The van der Waals surface area contributed by atoms with Gasteiger partial charge < -0.3 is 9.73 Å². The molecule has 8 heteroatoms. The van der Waals surface area contributed by atoms with E-state index in [4.69, 9.17) is 9.56 Å². The molecule has 96 valence electrons. The molecule has 3 N–H and O–H groups in total. The average molecular weight is 286 g/mol. The first-order valence-electron chi connectivity index (χ1n) is 4.90. The lowest BCUT2D eigenvalue weighted by molar-refractivity contribution is 0.0923. The zero-order valence-electron chi connectivity index (χ0n) is 9.12. The average Bonchev–Trinajstić information content (AvgIpc) is 2.96. The molecule has 0 aliphatic heterocycles. The van der Waals surface area contributed by atoms with E-state index in [1.807, 2.05) is 0 Å². The van der Waals surface area contributed by atoms with Gasteiger partial charge in [-0.3, -0.25) is 4.79 Å². The molecule has 0 radical (unpaired) electrons. The summed E-state index contributed by atoms with van der Waals surface area (Å²) < 4.78 is 27.1. The number of thiophene rings is 1. The summed E-state index contributed by atoms with van der Waals surface area (Å²) >= 11 is 1.02. The van der Waals surface area contributed by atoms with E-state index >= 15 is 0 Å². The van der Waals surface area contributed by atoms with Crippen LogP contribution in [0.25, 0.3) is 0 Å². The summed E-state index contributed by atoms with van der Waals surface area (Å²) in [6.45, 7) is 0.222. The Kier molecular flexibility index (Phi) is 3.50. The van der Waals surface area contributed by atoms with E-state index in [-0.39, 0.29) is 22.4 Å². The predicted octanol–water partition coefficient (Wildman–Crippen LogP) is 0.918. The molecule has 2 aromatic rings. The fourth-order valence-electron chi connectivity index (χ4n) is 1.27. The van der Waals surface area contributed by atoms with Crippen LogP contribution < -0.4 is 10.5 Å². The van der Waals surface area contributed by atoms with Gasteiger partial charge in [0.1, 0.15) is 4.21 Å². The number of hydrogen-bond donors (Lipinski definition) is 2. The summed E-state index contributed by atoms with van der Waals surface area (Å²) in [5.74, 6) is -0.149. The van der Waals surface area contributed by atoms with E-state index in [1.54, 1.807) is 18.2 Å². The first-order valence-corrected chi connectivity index (χ1v) is 7.26. The number of furan rings is 1. The van der Waals surface area contributed by atoms with Crippen LogP contribution in [0.3, 0.4) is 0 Å². The molecule has 0 saturated carbocycles. The summed E-state index contributed by atoms with van der Waals surface area (Å²) in [5.41, 5.74) is 0. The maximum atomic E-state index is 11.5. The third-order valence-electron chi connectivity index (χ3n) is 2.09. The number of sulfonamides is 1. The molecule has 1 amide bonds. The minimum Gasteiger partial charge on any atom is -0.459 e. The minimum atomic E-state index is -3.68. The number of nitrogens with one attached hydrogen (secondary N) is 1. The Hall–Kier alpha value is -1.64. The van der Waals surface area contributed by atoms with Crippen molar-refractivity contribution < 1.29 is 17.6 Å². The summed E-state index contributed by atoms with van der Waals surface area (Å²) in [6.07, 6.45) is 1.40. The Morgan fingerprint density at radius 2 is 2.17 bits per heavy atom. The molecule has 0 unspecified atom stereocenters. The zero-order chi connectivity index (χ0) is 13.2. The van der Waals surface area contributed by atoms with E-state index in [2.05, 4.69) is 5.32 Å². The second kappa shape index (κ2) is 4.92. The van der Waals surface area contributed by atoms with Gasteiger partial charge in [-0.2, -0.15) is 0 Å². The molecule has 0 fully saturated rings. The number of carbonyl (C=O) groups excluding carboxylic acids is 1. The molecular weight excluding hydrogens is 276 g/mol. The molecule has 2 rings (SSSR count). The van der Waals surface area contributed by atoms with Gasteiger partial charge in [-0.1, -0.05) is 0 Å². The maximum absolute atomic E-state index is 11.5. The van der Waals surface area contributed by atoms with Crippen LogP contribution in [0, 0.1) is 0 Å². The van der Waals surface area contributed by atoms with E-state index in [1.165, 1.54) is 12.3 Å². The van der Waals surface area contributed by atoms with Gasteiger partial charge in [0.05, 0.1) is 12.8 Å². The van der Waals surface area contributed by atoms with E-state index in [0.29, 0.717) is 4.88 Å². The molecule has 0 aliphatic rings. The normalized spacial score (nSPS) is 11.4. The van der Waals surface area contributed by atoms with Gasteiger partial charge in [-0.05, 0) is 24.3 Å². The van der Waals surface area contributed by atoms with Crippen LogP contribution in [0.5, 0.6) is 0 Å². The van der Waals surface area contributed by atoms with Gasteiger partial charge in [-0.25, -0.2) is 13.6 Å². The highest BCUT2D eigenvalue weighted by Gasteiger charge is 2.12. The van der Waals surface area contributed by atoms with Crippen molar-refractivity contribution in [2.24, 2.45) is 5.14 Å².